The zero-order chi connectivity index (χ0) is 17.8. The van der Waals surface area contributed by atoms with Gasteiger partial charge in [-0.15, -0.1) is 0 Å². The van der Waals surface area contributed by atoms with Crippen molar-refractivity contribution in [3.8, 4) is 0 Å². The maximum atomic E-state index is 14.7. The highest BCUT2D eigenvalue weighted by Crippen LogP contribution is 2.29. The number of benzene rings is 1. The minimum atomic E-state index is -0.390. The van der Waals surface area contributed by atoms with Gasteiger partial charge in [0.2, 0.25) is 5.91 Å². The van der Waals surface area contributed by atoms with Crippen molar-refractivity contribution in [3.05, 3.63) is 35.2 Å². The molecule has 0 radical (unpaired) electrons. The number of aromatic nitrogens is 1. The minimum Gasteiger partial charge on any atom is -0.384 e. The molecule has 1 aliphatic rings. The standard InChI is InChI=1S/C18H21ClFN3O2/c1-25-11-7-16(24)23-9-5-12(6-10-23)22-15-3-2-13-14(19)4-8-21-18(13)17(15)20/h2-4,8,12,22H,5-7,9-11H2,1H3. The molecule has 0 saturated carbocycles. The van der Waals surface area contributed by atoms with Gasteiger partial charge in [0.1, 0.15) is 5.52 Å². The van der Waals surface area contributed by atoms with Crippen LogP contribution < -0.4 is 5.32 Å². The van der Waals surface area contributed by atoms with Crippen LogP contribution in [0.2, 0.25) is 5.02 Å². The molecule has 1 amide bonds. The largest absolute Gasteiger partial charge is 0.384 e. The van der Waals surface area contributed by atoms with Gasteiger partial charge in [-0.05, 0) is 31.0 Å². The summed E-state index contributed by atoms with van der Waals surface area (Å²) in [6.45, 7) is 1.77. The summed E-state index contributed by atoms with van der Waals surface area (Å²) in [4.78, 5) is 17.9. The average molecular weight is 366 g/mol. The normalized spacial score (nSPS) is 15.6. The highest BCUT2D eigenvalue weighted by molar-refractivity contribution is 6.35. The number of rotatable bonds is 5. The summed E-state index contributed by atoms with van der Waals surface area (Å²) in [6, 6.07) is 5.24. The van der Waals surface area contributed by atoms with Crippen LogP contribution in [0.15, 0.2) is 24.4 Å². The van der Waals surface area contributed by atoms with Crippen LogP contribution >= 0.6 is 11.6 Å². The number of amides is 1. The Morgan fingerprint density at radius 1 is 1.40 bits per heavy atom. The number of ether oxygens (including phenoxy) is 1. The van der Waals surface area contributed by atoms with E-state index in [1.807, 2.05) is 4.90 Å². The summed E-state index contributed by atoms with van der Waals surface area (Å²) >= 11 is 6.08. The Bertz CT molecular complexity index is 763. The van der Waals surface area contributed by atoms with E-state index in [1.165, 1.54) is 6.20 Å². The molecule has 1 aliphatic heterocycles. The fourth-order valence-corrected chi connectivity index (χ4v) is 3.31. The molecule has 1 saturated heterocycles. The maximum absolute atomic E-state index is 14.7. The number of likely N-dealkylation sites (tertiary alicyclic amines) is 1. The van der Waals surface area contributed by atoms with Gasteiger partial charge < -0.3 is 15.0 Å². The van der Waals surface area contributed by atoms with Crippen molar-refractivity contribution < 1.29 is 13.9 Å². The Kier molecular flexibility index (Phi) is 5.71. The second kappa shape index (κ2) is 7.97. The molecule has 25 heavy (non-hydrogen) atoms. The van der Waals surface area contributed by atoms with Crippen molar-refractivity contribution in [1.29, 1.82) is 0 Å². The average Bonchev–Trinajstić information content (AvgIpc) is 2.63. The molecule has 1 N–H and O–H groups in total. The quantitative estimate of drug-likeness (QED) is 0.881. The second-order valence-electron chi connectivity index (χ2n) is 6.16. The lowest BCUT2D eigenvalue weighted by molar-refractivity contribution is -0.133. The summed E-state index contributed by atoms with van der Waals surface area (Å²) in [6.07, 6.45) is 3.46. The Morgan fingerprint density at radius 2 is 2.16 bits per heavy atom. The van der Waals surface area contributed by atoms with Gasteiger partial charge >= 0.3 is 0 Å². The first-order valence-electron chi connectivity index (χ1n) is 8.36. The van der Waals surface area contributed by atoms with E-state index in [0.717, 1.165) is 12.8 Å². The molecular formula is C18H21ClFN3O2. The van der Waals surface area contributed by atoms with E-state index < -0.39 is 5.82 Å². The second-order valence-corrected chi connectivity index (χ2v) is 6.57. The monoisotopic (exact) mass is 365 g/mol. The van der Waals surface area contributed by atoms with Gasteiger partial charge in [0.15, 0.2) is 5.82 Å². The number of nitrogens with zero attached hydrogens (tertiary/aromatic N) is 2. The number of methoxy groups -OCH3 is 1. The van der Waals surface area contributed by atoms with E-state index in [1.54, 1.807) is 25.3 Å². The first-order valence-corrected chi connectivity index (χ1v) is 8.74. The third-order valence-corrected chi connectivity index (χ3v) is 4.85. The Hall–Kier alpha value is -1.92. The summed E-state index contributed by atoms with van der Waals surface area (Å²) in [5, 5.41) is 4.33. The van der Waals surface area contributed by atoms with Crippen LogP contribution in [0, 0.1) is 5.82 Å². The molecular weight excluding hydrogens is 345 g/mol. The summed E-state index contributed by atoms with van der Waals surface area (Å²) in [7, 11) is 1.59. The van der Waals surface area contributed by atoms with Gasteiger partial charge in [-0.2, -0.15) is 0 Å². The zero-order valence-corrected chi connectivity index (χ0v) is 14.9. The van der Waals surface area contributed by atoms with Crippen molar-refractivity contribution in [2.75, 3.05) is 32.1 Å². The number of piperidine rings is 1. The van der Waals surface area contributed by atoms with Gasteiger partial charge in [0, 0.05) is 37.8 Å². The predicted molar refractivity (Wildman–Crippen MR) is 96.4 cm³/mol. The van der Waals surface area contributed by atoms with E-state index in [2.05, 4.69) is 10.3 Å². The van der Waals surface area contributed by atoms with Crippen LogP contribution in [0.5, 0.6) is 0 Å². The van der Waals surface area contributed by atoms with E-state index in [0.29, 0.717) is 42.2 Å². The van der Waals surface area contributed by atoms with E-state index in [4.69, 9.17) is 16.3 Å². The fraction of sp³-hybridized carbons (Fsp3) is 0.444. The Balaban J connectivity index is 1.64. The van der Waals surface area contributed by atoms with Crippen molar-refractivity contribution >= 4 is 34.1 Å². The van der Waals surface area contributed by atoms with Crippen LogP contribution in [0.1, 0.15) is 19.3 Å². The number of halogens is 2. The number of pyridine rings is 1. The molecule has 1 aromatic carbocycles. The van der Waals surface area contributed by atoms with Crippen molar-refractivity contribution in [2.24, 2.45) is 0 Å². The molecule has 1 fully saturated rings. The first-order chi connectivity index (χ1) is 12.1. The van der Waals surface area contributed by atoms with E-state index >= 15 is 0 Å². The molecule has 0 atom stereocenters. The van der Waals surface area contributed by atoms with E-state index in [-0.39, 0.29) is 17.5 Å². The molecule has 0 unspecified atom stereocenters. The fourth-order valence-electron chi connectivity index (χ4n) is 3.10. The maximum Gasteiger partial charge on any atom is 0.224 e. The third-order valence-electron chi connectivity index (χ3n) is 4.53. The van der Waals surface area contributed by atoms with Gasteiger partial charge in [-0.3, -0.25) is 9.78 Å². The third kappa shape index (κ3) is 4.02. The van der Waals surface area contributed by atoms with Gasteiger partial charge in [0.05, 0.1) is 23.7 Å². The lowest BCUT2D eigenvalue weighted by atomic mass is 10.0. The molecule has 134 valence electrons. The number of anilines is 1. The molecule has 0 bridgehead atoms. The van der Waals surface area contributed by atoms with Crippen molar-refractivity contribution in [1.82, 2.24) is 9.88 Å². The van der Waals surface area contributed by atoms with Crippen LogP contribution in [-0.2, 0) is 9.53 Å². The molecule has 1 aromatic heterocycles. The zero-order valence-electron chi connectivity index (χ0n) is 14.1. The number of nitrogens with one attached hydrogen (secondary N) is 1. The SMILES string of the molecule is COCCC(=O)N1CCC(Nc2ccc3c(Cl)ccnc3c2F)CC1. The highest BCUT2D eigenvalue weighted by Gasteiger charge is 2.23. The van der Waals surface area contributed by atoms with Gasteiger partial charge in [-0.25, -0.2) is 4.39 Å². The van der Waals surface area contributed by atoms with Gasteiger partial charge in [0.25, 0.3) is 0 Å². The Morgan fingerprint density at radius 3 is 2.88 bits per heavy atom. The number of hydrogen-bond acceptors (Lipinski definition) is 4. The molecule has 2 aromatic rings. The molecule has 0 aliphatic carbocycles. The minimum absolute atomic E-state index is 0.107. The molecule has 3 rings (SSSR count). The summed E-state index contributed by atoms with van der Waals surface area (Å²) < 4.78 is 19.6. The number of carbonyl (C=O) groups excluding carboxylic acids is 1. The van der Waals surface area contributed by atoms with Crippen molar-refractivity contribution in [2.45, 2.75) is 25.3 Å². The van der Waals surface area contributed by atoms with Gasteiger partial charge in [-0.1, -0.05) is 11.6 Å². The molecule has 0 spiro atoms. The first kappa shape index (κ1) is 17.9. The lowest BCUT2D eigenvalue weighted by Crippen LogP contribution is -2.42. The summed E-state index contributed by atoms with van der Waals surface area (Å²) in [5.41, 5.74) is 0.691. The molecule has 2 heterocycles. The number of carbonyl (C=O) groups is 1. The van der Waals surface area contributed by atoms with Crippen LogP contribution in [0.25, 0.3) is 10.9 Å². The van der Waals surface area contributed by atoms with Crippen LogP contribution in [-0.4, -0.2) is 48.6 Å². The number of hydrogen-bond donors (Lipinski definition) is 1. The van der Waals surface area contributed by atoms with E-state index in [9.17, 15) is 9.18 Å². The van der Waals surface area contributed by atoms with Crippen LogP contribution in [0.4, 0.5) is 10.1 Å². The highest BCUT2D eigenvalue weighted by atomic mass is 35.5. The smallest absolute Gasteiger partial charge is 0.224 e. The van der Waals surface area contributed by atoms with Crippen LogP contribution in [0.3, 0.4) is 0 Å². The molecule has 7 heteroatoms. The Labute approximate surface area is 151 Å². The topological polar surface area (TPSA) is 54.5 Å². The predicted octanol–water partition coefficient (Wildman–Crippen LogP) is 3.47. The number of fused-ring (bicyclic) bond motifs is 1. The summed E-state index contributed by atoms with van der Waals surface area (Å²) in [5.74, 6) is -0.283. The lowest BCUT2D eigenvalue weighted by Gasteiger charge is -2.33. The van der Waals surface area contributed by atoms with Crippen molar-refractivity contribution in [3.63, 3.8) is 0 Å². The molecule has 5 nitrogen and oxygen atoms in total.